The third kappa shape index (κ3) is 3.59. The number of benzene rings is 1. The molecular formula is C19H21N5O3. The number of aromatic hydroxyl groups is 1. The number of hydrogen-bond acceptors (Lipinski definition) is 6. The van der Waals surface area contributed by atoms with Crippen LogP contribution in [0, 0.1) is 6.92 Å². The van der Waals surface area contributed by atoms with E-state index in [1.807, 2.05) is 37.3 Å². The number of pyridine rings is 1. The van der Waals surface area contributed by atoms with Gasteiger partial charge in [-0.25, -0.2) is 9.78 Å². The molecule has 1 aromatic carbocycles. The van der Waals surface area contributed by atoms with E-state index in [1.165, 1.54) is 20.3 Å². The molecule has 0 unspecified atom stereocenters. The molecule has 8 nitrogen and oxygen atoms in total. The summed E-state index contributed by atoms with van der Waals surface area (Å²) in [6, 6.07) is 9.90. The highest BCUT2D eigenvalue weighted by Crippen LogP contribution is 2.19. The van der Waals surface area contributed by atoms with Crippen molar-refractivity contribution in [1.82, 2.24) is 14.1 Å². The van der Waals surface area contributed by atoms with Crippen LogP contribution in [0.15, 0.2) is 44.9 Å². The Balaban J connectivity index is 1.69. The minimum absolute atomic E-state index is 0.0146. The summed E-state index contributed by atoms with van der Waals surface area (Å²) in [5, 5.41) is 14.3. The first-order valence-electron chi connectivity index (χ1n) is 8.49. The summed E-state index contributed by atoms with van der Waals surface area (Å²) in [5.41, 5.74) is 0.861. The van der Waals surface area contributed by atoms with Gasteiger partial charge in [-0.05, 0) is 24.6 Å². The average molecular weight is 367 g/mol. The second-order valence-electron chi connectivity index (χ2n) is 6.25. The number of anilines is 1. The van der Waals surface area contributed by atoms with Gasteiger partial charge in [0.15, 0.2) is 0 Å². The van der Waals surface area contributed by atoms with Crippen molar-refractivity contribution < 1.29 is 5.11 Å². The van der Waals surface area contributed by atoms with Crippen LogP contribution < -0.4 is 16.6 Å². The molecule has 0 saturated heterocycles. The van der Waals surface area contributed by atoms with Crippen LogP contribution in [0.25, 0.3) is 10.9 Å². The first-order chi connectivity index (χ1) is 12.9. The van der Waals surface area contributed by atoms with Gasteiger partial charge in [-0.1, -0.05) is 18.2 Å². The molecule has 0 atom stereocenters. The molecule has 2 aromatic heterocycles. The molecule has 0 aliphatic heterocycles. The van der Waals surface area contributed by atoms with Crippen LogP contribution in [0.3, 0.4) is 0 Å². The molecule has 0 aliphatic rings. The van der Waals surface area contributed by atoms with Crippen molar-refractivity contribution in [2.75, 3.05) is 18.4 Å². The SMILES string of the molecule is Cc1cc(NCCN=Cc2c(O)n(C)c(=O)n(C)c2=O)nc2ccccc12. The predicted molar refractivity (Wildman–Crippen MR) is 106 cm³/mol. The van der Waals surface area contributed by atoms with Crippen molar-refractivity contribution >= 4 is 22.9 Å². The Morgan fingerprint density at radius 1 is 1.22 bits per heavy atom. The highest BCUT2D eigenvalue weighted by Gasteiger charge is 2.12. The number of aromatic nitrogens is 3. The number of nitrogens with one attached hydrogen (secondary N) is 1. The van der Waals surface area contributed by atoms with Gasteiger partial charge in [-0.2, -0.15) is 0 Å². The minimum Gasteiger partial charge on any atom is -0.494 e. The second-order valence-corrected chi connectivity index (χ2v) is 6.25. The Morgan fingerprint density at radius 2 is 1.96 bits per heavy atom. The topological polar surface area (TPSA) is 102 Å². The van der Waals surface area contributed by atoms with Gasteiger partial charge in [0.25, 0.3) is 5.56 Å². The molecule has 140 valence electrons. The molecule has 0 aliphatic carbocycles. The quantitative estimate of drug-likeness (QED) is 0.521. The maximum absolute atomic E-state index is 12.1. The van der Waals surface area contributed by atoms with Crippen LogP contribution in [0.4, 0.5) is 5.82 Å². The van der Waals surface area contributed by atoms with Crippen molar-refractivity contribution in [3.63, 3.8) is 0 Å². The average Bonchev–Trinajstić information content (AvgIpc) is 2.67. The predicted octanol–water partition coefficient (Wildman–Crippen LogP) is 1.18. The molecule has 2 N–H and O–H groups in total. The van der Waals surface area contributed by atoms with Gasteiger partial charge in [0.05, 0.1) is 12.1 Å². The molecule has 0 bridgehead atoms. The fraction of sp³-hybridized carbons (Fsp3) is 0.263. The summed E-state index contributed by atoms with van der Waals surface area (Å²) in [4.78, 5) is 32.5. The van der Waals surface area contributed by atoms with Crippen LogP contribution in [0.5, 0.6) is 5.88 Å². The second kappa shape index (κ2) is 7.45. The number of aliphatic imine (C=N–C) groups is 1. The van der Waals surface area contributed by atoms with E-state index in [0.717, 1.165) is 31.4 Å². The molecule has 0 amide bonds. The maximum Gasteiger partial charge on any atom is 0.333 e. The zero-order chi connectivity index (χ0) is 19.6. The first-order valence-corrected chi connectivity index (χ1v) is 8.49. The zero-order valence-electron chi connectivity index (χ0n) is 15.4. The number of nitrogens with zero attached hydrogens (tertiary/aromatic N) is 4. The number of fused-ring (bicyclic) bond motifs is 1. The van der Waals surface area contributed by atoms with Gasteiger partial charge in [-0.15, -0.1) is 0 Å². The number of para-hydroxylation sites is 1. The lowest BCUT2D eigenvalue weighted by Gasteiger charge is -2.08. The molecule has 27 heavy (non-hydrogen) atoms. The van der Waals surface area contributed by atoms with Crippen LogP contribution in [0.1, 0.15) is 11.1 Å². The number of rotatable bonds is 5. The van der Waals surface area contributed by atoms with E-state index >= 15 is 0 Å². The van der Waals surface area contributed by atoms with Crippen LogP contribution in [-0.2, 0) is 14.1 Å². The lowest BCUT2D eigenvalue weighted by Crippen LogP contribution is -2.38. The van der Waals surface area contributed by atoms with Crippen molar-refractivity contribution in [3.8, 4) is 5.88 Å². The third-order valence-corrected chi connectivity index (χ3v) is 4.36. The minimum atomic E-state index is -0.589. The summed E-state index contributed by atoms with van der Waals surface area (Å²) in [7, 11) is 2.75. The zero-order valence-corrected chi connectivity index (χ0v) is 15.4. The molecule has 0 fully saturated rings. The summed E-state index contributed by atoms with van der Waals surface area (Å²) in [5.74, 6) is 0.355. The molecule has 0 spiro atoms. The Hall–Kier alpha value is -3.42. The summed E-state index contributed by atoms with van der Waals surface area (Å²) >= 11 is 0. The van der Waals surface area contributed by atoms with Crippen LogP contribution in [-0.4, -0.2) is 38.5 Å². The normalized spacial score (nSPS) is 11.4. The maximum atomic E-state index is 12.1. The Bertz CT molecular complexity index is 1140. The van der Waals surface area contributed by atoms with E-state index in [4.69, 9.17) is 0 Å². The number of hydrogen-bond donors (Lipinski definition) is 2. The van der Waals surface area contributed by atoms with Gasteiger partial charge >= 0.3 is 5.69 Å². The van der Waals surface area contributed by atoms with Crippen molar-refractivity contribution in [3.05, 3.63) is 62.3 Å². The molecule has 0 radical (unpaired) electrons. The van der Waals surface area contributed by atoms with Gasteiger partial charge in [0.2, 0.25) is 5.88 Å². The van der Waals surface area contributed by atoms with E-state index in [0.29, 0.717) is 13.1 Å². The van der Waals surface area contributed by atoms with Crippen LogP contribution in [0.2, 0.25) is 0 Å². The lowest BCUT2D eigenvalue weighted by molar-refractivity contribution is 0.410. The molecule has 3 rings (SSSR count). The first kappa shape index (κ1) is 18.4. The molecule has 0 saturated carbocycles. The monoisotopic (exact) mass is 367 g/mol. The largest absolute Gasteiger partial charge is 0.494 e. The summed E-state index contributed by atoms with van der Waals surface area (Å²) in [6.45, 7) is 2.92. The Labute approximate surface area is 155 Å². The van der Waals surface area contributed by atoms with E-state index in [-0.39, 0.29) is 5.56 Å². The van der Waals surface area contributed by atoms with E-state index in [1.54, 1.807) is 0 Å². The van der Waals surface area contributed by atoms with Gasteiger partial charge in [0.1, 0.15) is 11.4 Å². The number of aryl methyl sites for hydroxylation is 1. The van der Waals surface area contributed by atoms with Crippen LogP contribution >= 0.6 is 0 Å². The molecular weight excluding hydrogens is 346 g/mol. The summed E-state index contributed by atoms with van der Waals surface area (Å²) < 4.78 is 1.93. The fourth-order valence-electron chi connectivity index (χ4n) is 2.82. The molecule has 2 heterocycles. The van der Waals surface area contributed by atoms with Gasteiger partial charge in [0, 0.05) is 32.2 Å². The standard InChI is InChI=1S/C19H21N5O3/c1-12-10-16(22-15-7-5-4-6-13(12)15)21-9-8-20-11-14-17(25)23(2)19(27)24(3)18(14)26/h4-7,10-11,25H,8-9H2,1-3H3,(H,21,22). The summed E-state index contributed by atoms with van der Waals surface area (Å²) in [6.07, 6.45) is 1.29. The van der Waals surface area contributed by atoms with E-state index < -0.39 is 17.1 Å². The molecule has 3 aromatic rings. The van der Waals surface area contributed by atoms with Gasteiger partial charge in [-0.3, -0.25) is 18.9 Å². The van der Waals surface area contributed by atoms with E-state index in [9.17, 15) is 14.7 Å². The van der Waals surface area contributed by atoms with Crippen molar-refractivity contribution in [2.24, 2.45) is 19.1 Å². The highest BCUT2D eigenvalue weighted by molar-refractivity contribution is 5.84. The third-order valence-electron chi connectivity index (χ3n) is 4.36. The van der Waals surface area contributed by atoms with E-state index in [2.05, 4.69) is 15.3 Å². The smallest absolute Gasteiger partial charge is 0.333 e. The Morgan fingerprint density at radius 3 is 2.74 bits per heavy atom. The lowest BCUT2D eigenvalue weighted by atomic mass is 10.1. The van der Waals surface area contributed by atoms with Gasteiger partial charge < -0.3 is 10.4 Å². The van der Waals surface area contributed by atoms with Crippen molar-refractivity contribution in [1.29, 1.82) is 0 Å². The molecule has 8 heteroatoms. The Kier molecular flexibility index (Phi) is 5.07. The fourth-order valence-corrected chi connectivity index (χ4v) is 2.82. The highest BCUT2D eigenvalue weighted by atomic mass is 16.3. The van der Waals surface area contributed by atoms with Crippen molar-refractivity contribution in [2.45, 2.75) is 6.92 Å².